The van der Waals surface area contributed by atoms with Crippen LogP contribution in [0.2, 0.25) is 0 Å². The Balaban J connectivity index is 3.04. The quantitative estimate of drug-likeness (QED) is 0.514. The van der Waals surface area contributed by atoms with E-state index >= 15 is 0 Å². The lowest BCUT2D eigenvalue weighted by molar-refractivity contribution is -0.386. The highest BCUT2D eigenvalue weighted by atomic mass is 19.3. The summed E-state index contributed by atoms with van der Waals surface area (Å²) in [6.07, 6.45) is -4.02. The summed E-state index contributed by atoms with van der Waals surface area (Å²) in [6, 6.07) is 0.539. The van der Waals surface area contributed by atoms with E-state index in [0.29, 0.717) is 6.07 Å². The van der Waals surface area contributed by atoms with Gasteiger partial charge in [-0.1, -0.05) is 0 Å². The summed E-state index contributed by atoms with van der Waals surface area (Å²) in [5.74, 6) is -7.37. The molecule has 106 valence electrons. The number of nitrogens with one attached hydrogen (secondary N) is 1. The first-order valence-electron chi connectivity index (χ1n) is 4.68. The highest BCUT2D eigenvalue weighted by molar-refractivity contribution is 5.62. The smallest absolute Gasteiger partial charge is 0.327 e. The van der Waals surface area contributed by atoms with Crippen molar-refractivity contribution in [1.29, 1.82) is 0 Å². The van der Waals surface area contributed by atoms with E-state index in [1.54, 1.807) is 5.32 Å². The largest absolute Gasteiger partial charge is 0.373 e. The van der Waals surface area contributed by atoms with E-state index in [2.05, 4.69) is 0 Å². The van der Waals surface area contributed by atoms with E-state index in [1.165, 1.54) is 0 Å². The van der Waals surface area contributed by atoms with Crippen LogP contribution < -0.4 is 5.32 Å². The number of halogens is 6. The molecule has 0 aliphatic heterocycles. The molecular weight excluding hydrogens is 282 g/mol. The molecule has 0 unspecified atom stereocenters. The molecule has 10 heteroatoms. The minimum Gasteiger partial charge on any atom is -0.373 e. The number of nitro benzene ring substituents is 1. The van der Waals surface area contributed by atoms with Crippen LogP contribution >= 0.6 is 0 Å². The number of benzene rings is 1. The molecule has 0 spiro atoms. The molecule has 1 rings (SSSR count). The molecule has 0 heterocycles. The van der Waals surface area contributed by atoms with Crippen LogP contribution in [0.4, 0.5) is 37.7 Å². The van der Waals surface area contributed by atoms with Crippen molar-refractivity contribution in [2.75, 3.05) is 11.9 Å². The van der Waals surface area contributed by atoms with E-state index in [0.717, 1.165) is 0 Å². The van der Waals surface area contributed by atoms with Crippen molar-refractivity contribution in [2.45, 2.75) is 12.3 Å². The van der Waals surface area contributed by atoms with Gasteiger partial charge in [0.25, 0.3) is 0 Å². The third-order valence-electron chi connectivity index (χ3n) is 2.04. The van der Waals surface area contributed by atoms with Crippen LogP contribution in [0.5, 0.6) is 0 Å². The van der Waals surface area contributed by atoms with Crippen LogP contribution in [0.15, 0.2) is 12.1 Å². The van der Waals surface area contributed by atoms with E-state index in [-0.39, 0.29) is 6.07 Å². The first-order valence-corrected chi connectivity index (χ1v) is 4.68. The van der Waals surface area contributed by atoms with Crippen LogP contribution in [0.25, 0.3) is 0 Å². The Morgan fingerprint density at radius 2 is 1.89 bits per heavy atom. The molecule has 0 fully saturated rings. The predicted octanol–water partition coefficient (Wildman–Crippen LogP) is 3.19. The number of nitro groups is 1. The second-order valence-electron chi connectivity index (χ2n) is 3.46. The van der Waals surface area contributed by atoms with Crippen molar-refractivity contribution in [3.8, 4) is 0 Å². The lowest BCUT2D eigenvalue weighted by atomic mass is 10.2. The van der Waals surface area contributed by atoms with E-state index in [4.69, 9.17) is 0 Å². The molecule has 0 aliphatic rings. The molecular formula is C9H6F6N2O2. The van der Waals surface area contributed by atoms with Crippen molar-refractivity contribution in [1.82, 2.24) is 0 Å². The number of nitrogens with zero attached hydrogens (tertiary/aromatic N) is 1. The second-order valence-corrected chi connectivity index (χ2v) is 3.46. The Bertz CT molecular complexity index is 494. The van der Waals surface area contributed by atoms with E-state index in [1.807, 2.05) is 0 Å². The zero-order valence-corrected chi connectivity index (χ0v) is 8.97. The van der Waals surface area contributed by atoms with Crippen molar-refractivity contribution < 1.29 is 31.3 Å². The second kappa shape index (κ2) is 5.33. The Labute approximate surface area is 102 Å². The van der Waals surface area contributed by atoms with E-state index in [9.17, 15) is 36.5 Å². The maximum Gasteiger partial charge on any atom is 0.327 e. The molecule has 0 bridgehead atoms. The number of alkyl halides is 4. The average molecular weight is 288 g/mol. The van der Waals surface area contributed by atoms with Gasteiger partial charge < -0.3 is 5.32 Å². The molecule has 19 heavy (non-hydrogen) atoms. The zero-order valence-electron chi connectivity index (χ0n) is 8.97. The van der Waals surface area contributed by atoms with Crippen LogP contribution in [-0.4, -0.2) is 23.8 Å². The third kappa shape index (κ3) is 3.48. The number of anilines is 1. The molecule has 0 saturated carbocycles. The van der Waals surface area contributed by atoms with Gasteiger partial charge >= 0.3 is 18.0 Å². The van der Waals surface area contributed by atoms with Crippen LogP contribution in [0, 0.1) is 21.7 Å². The predicted molar refractivity (Wildman–Crippen MR) is 52.5 cm³/mol. The molecule has 0 saturated heterocycles. The van der Waals surface area contributed by atoms with Gasteiger partial charge in [0.1, 0.15) is 11.5 Å². The summed E-state index contributed by atoms with van der Waals surface area (Å²) < 4.78 is 74.8. The van der Waals surface area contributed by atoms with Gasteiger partial charge in [-0.3, -0.25) is 10.1 Å². The topological polar surface area (TPSA) is 55.2 Å². The van der Waals surface area contributed by atoms with Gasteiger partial charge in [-0.15, -0.1) is 0 Å². The minimum absolute atomic E-state index is 0.175. The molecule has 0 radical (unpaired) electrons. The van der Waals surface area contributed by atoms with Gasteiger partial charge in [-0.2, -0.15) is 13.2 Å². The summed E-state index contributed by atoms with van der Waals surface area (Å²) in [5.41, 5.74) is -2.24. The van der Waals surface area contributed by atoms with Crippen LogP contribution in [-0.2, 0) is 0 Å². The van der Waals surface area contributed by atoms with Gasteiger partial charge in [0.2, 0.25) is 5.82 Å². The molecule has 1 aromatic carbocycles. The van der Waals surface area contributed by atoms with E-state index < -0.39 is 46.8 Å². The van der Waals surface area contributed by atoms with Crippen molar-refractivity contribution in [3.63, 3.8) is 0 Å². The monoisotopic (exact) mass is 288 g/mol. The highest BCUT2D eigenvalue weighted by Crippen LogP contribution is 2.30. The molecule has 0 aliphatic carbocycles. The van der Waals surface area contributed by atoms with Crippen molar-refractivity contribution >= 4 is 11.4 Å². The molecule has 0 aromatic heterocycles. The molecule has 1 N–H and O–H groups in total. The normalized spacial score (nSPS) is 11.7. The van der Waals surface area contributed by atoms with Crippen molar-refractivity contribution in [2.24, 2.45) is 0 Å². The van der Waals surface area contributed by atoms with Crippen molar-refractivity contribution in [3.05, 3.63) is 33.9 Å². The third-order valence-corrected chi connectivity index (χ3v) is 2.04. The maximum atomic E-state index is 13.1. The Hall–Kier alpha value is -2.00. The highest BCUT2D eigenvalue weighted by Gasteiger charge is 2.41. The van der Waals surface area contributed by atoms with Crippen LogP contribution in [0.3, 0.4) is 0 Å². The summed E-state index contributed by atoms with van der Waals surface area (Å²) in [6.45, 7) is -1.70. The Morgan fingerprint density at radius 3 is 2.37 bits per heavy atom. The van der Waals surface area contributed by atoms with Gasteiger partial charge in [-0.05, 0) is 0 Å². The molecule has 0 atom stereocenters. The first-order chi connectivity index (χ1) is 8.65. The van der Waals surface area contributed by atoms with Gasteiger partial charge in [0, 0.05) is 12.1 Å². The fourth-order valence-corrected chi connectivity index (χ4v) is 1.18. The maximum absolute atomic E-state index is 13.1. The SMILES string of the molecule is O=[N+]([O-])c1c(F)cc(F)cc1NCC(F)(F)C(F)F. The molecule has 4 nitrogen and oxygen atoms in total. The zero-order chi connectivity index (χ0) is 14.8. The Morgan fingerprint density at radius 1 is 1.32 bits per heavy atom. The summed E-state index contributed by atoms with van der Waals surface area (Å²) in [7, 11) is 0. The van der Waals surface area contributed by atoms with Gasteiger partial charge in [0.15, 0.2) is 0 Å². The summed E-state index contributed by atoms with van der Waals surface area (Å²) in [4.78, 5) is 9.20. The molecule has 0 amide bonds. The standard InChI is InChI=1S/C9H6F6N2O2/c10-4-1-5(11)7(17(18)19)6(2-4)16-3-9(14,15)8(12)13/h1-2,8,16H,3H2. The molecule has 1 aromatic rings. The lowest BCUT2D eigenvalue weighted by Crippen LogP contribution is -2.35. The Kier molecular flexibility index (Phi) is 4.22. The van der Waals surface area contributed by atoms with Crippen LogP contribution in [0.1, 0.15) is 0 Å². The summed E-state index contributed by atoms with van der Waals surface area (Å²) in [5, 5.41) is 12.0. The number of rotatable bonds is 5. The summed E-state index contributed by atoms with van der Waals surface area (Å²) >= 11 is 0. The fourth-order valence-electron chi connectivity index (χ4n) is 1.18. The number of hydrogen-bond donors (Lipinski definition) is 1. The lowest BCUT2D eigenvalue weighted by Gasteiger charge is -2.16. The first kappa shape index (κ1) is 15.1. The minimum atomic E-state index is -4.49. The van der Waals surface area contributed by atoms with Gasteiger partial charge in [-0.25, -0.2) is 13.2 Å². The average Bonchev–Trinajstić information content (AvgIpc) is 2.24. The number of hydrogen-bond acceptors (Lipinski definition) is 3. The fraction of sp³-hybridized carbons (Fsp3) is 0.333. The van der Waals surface area contributed by atoms with Gasteiger partial charge in [0.05, 0.1) is 11.5 Å².